The Bertz CT molecular complexity index is 517. The van der Waals surface area contributed by atoms with E-state index < -0.39 is 5.97 Å². The number of aryl methyl sites for hydroxylation is 1. The Morgan fingerprint density at radius 3 is 2.68 bits per heavy atom. The molecule has 1 rings (SSSR count). The topological polar surface area (TPSA) is 87.4 Å². The minimum atomic E-state index is -0.913. The Morgan fingerprint density at radius 2 is 2.11 bits per heavy atom. The Balaban J connectivity index is 2.92. The van der Waals surface area contributed by atoms with E-state index in [1.807, 2.05) is 6.07 Å². The number of aliphatic carboxylic acids is 1. The van der Waals surface area contributed by atoms with E-state index in [0.717, 1.165) is 0 Å². The summed E-state index contributed by atoms with van der Waals surface area (Å²) < 4.78 is 4.86. The maximum absolute atomic E-state index is 11.5. The predicted octanol–water partition coefficient (Wildman–Crippen LogP) is 1.68. The molecule has 0 spiro atoms. The van der Waals surface area contributed by atoms with Gasteiger partial charge in [0.05, 0.1) is 24.7 Å². The first-order chi connectivity index (χ1) is 9.06. The van der Waals surface area contributed by atoms with Crippen LogP contribution in [-0.2, 0) is 27.2 Å². The number of nitriles is 1. The summed E-state index contributed by atoms with van der Waals surface area (Å²) in [5, 5.41) is 17.5. The fraction of sp³-hybridized carbons (Fsp3) is 0.357. The highest BCUT2D eigenvalue weighted by Gasteiger charge is 2.11. The fourth-order valence-electron chi connectivity index (χ4n) is 1.71. The van der Waals surface area contributed by atoms with Crippen molar-refractivity contribution in [3.8, 4) is 6.07 Å². The average Bonchev–Trinajstić information content (AvgIpc) is 2.37. The number of carbonyl (C=O) groups excluding carboxylic acids is 1. The molecule has 19 heavy (non-hydrogen) atoms. The van der Waals surface area contributed by atoms with Gasteiger partial charge in [-0.15, -0.1) is 0 Å². The summed E-state index contributed by atoms with van der Waals surface area (Å²) in [6, 6.07) is 6.90. The minimum Gasteiger partial charge on any atom is -0.481 e. The van der Waals surface area contributed by atoms with E-state index in [0.29, 0.717) is 29.7 Å². The smallest absolute Gasteiger partial charge is 0.310 e. The summed E-state index contributed by atoms with van der Waals surface area (Å²) in [6.07, 6.45) is 0.346. The zero-order valence-corrected chi connectivity index (χ0v) is 10.7. The molecule has 0 bridgehead atoms. The van der Waals surface area contributed by atoms with E-state index in [-0.39, 0.29) is 18.8 Å². The SMILES string of the molecule is CCOC(=O)Cc1ccc(C#N)cc1CCC(=O)O. The summed E-state index contributed by atoms with van der Waals surface area (Å²) >= 11 is 0. The van der Waals surface area contributed by atoms with Gasteiger partial charge < -0.3 is 9.84 Å². The highest BCUT2D eigenvalue weighted by Crippen LogP contribution is 2.15. The van der Waals surface area contributed by atoms with Gasteiger partial charge in [-0.1, -0.05) is 6.07 Å². The Hall–Kier alpha value is -2.35. The monoisotopic (exact) mass is 261 g/mol. The third-order valence-electron chi connectivity index (χ3n) is 2.58. The van der Waals surface area contributed by atoms with Crippen molar-refractivity contribution in [1.29, 1.82) is 5.26 Å². The van der Waals surface area contributed by atoms with Crippen molar-refractivity contribution in [2.24, 2.45) is 0 Å². The molecule has 0 saturated heterocycles. The molecule has 1 aromatic rings. The van der Waals surface area contributed by atoms with E-state index in [2.05, 4.69) is 0 Å². The van der Waals surface area contributed by atoms with E-state index in [1.54, 1.807) is 25.1 Å². The molecule has 5 nitrogen and oxygen atoms in total. The molecule has 0 aromatic heterocycles. The van der Waals surface area contributed by atoms with Crippen LogP contribution in [0.2, 0.25) is 0 Å². The Labute approximate surface area is 111 Å². The lowest BCUT2D eigenvalue weighted by molar-refractivity contribution is -0.142. The molecule has 100 valence electrons. The predicted molar refractivity (Wildman–Crippen MR) is 67.5 cm³/mol. The normalized spacial score (nSPS) is 9.68. The molecule has 0 aliphatic carbocycles. The van der Waals surface area contributed by atoms with Crippen LogP contribution in [0.4, 0.5) is 0 Å². The number of ether oxygens (including phenoxy) is 1. The molecular weight excluding hydrogens is 246 g/mol. The zero-order valence-electron chi connectivity index (χ0n) is 10.7. The molecule has 0 atom stereocenters. The van der Waals surface area contributed by atoms with Gasteiger partial charge in [-0.3, -0.25) is 9.59 Å². The van der Waals surface area contributed by atoms with Crippen molar-refractivity contribution < 1.29 is 19.4 Å². The quantitative estimate of drug-likeness (QED) is 0.787. The number of rotatable bonds is 6. The van der Waals surface area contributed by atoms with Crippen molar-refractivity contribution in [3.05, 3.63) is 34.9 Å². The molecule has 0 saturated carbocycles. The third kappa shape index (κ3) is 4.80. The third-order valence-corrected chi connectivity index (χ3v) is 2.58. The number of carboxylic acids is 1. The van der Waals surface area contributed by atoms with Crippen LogP contribution in [0.3, 0.4) is 0 Å². The summed E-state index contributed by atoms with van der Waals surface area (Å²) in [7, 11) is 0. The van der Waals surface area contributed by atoms with Gasteiger partial charge in [-0.2, -0.15) is 5.26 Å². The fourth-order valence-corrected chi connectivity index (χ4v) is 1.71. The van der Waals surface area contributed by atoms with Crippen molar-refractivity contribution in [1.82, 2.24) is 0 Å². The van der Waals surface area contributed by atoms with Gasteiger partial charge in [0.25, 0.3) is 0 Å². The number of benzene rings is 1. The van der Waals surface area contributed by atoms with Gasteiger partial charge in [0, 0.05) is 6.42 Å². The van der Waals surface area contributed by atoms with Crippen molar-refractivity contribution in [3.63, 3.8) is 0 Å². The van der Waals surface area contributed by atoms with Crippen molar-refractivity contribution >= 4 is 11.9 Å². The highest BCUT2D eigenvalue weighted by molar-refractivity contribution is 5.73. The average molecular weight is 261 g/mol. The van der Waals surface area contributed by atoms with Crippen LogP contribution in [-0.4, -0.2) is 23.7 Å². The van der Waals surface area contributed by atoms with Gasteiger partial charge in [0.15, 0.2) is 0 Å². The molecule has 0 aliphatic heterocycles. The highest BCUT2D eigenvalue weighted by atomic mass is 16.5. The maximum atomic E-state index is 11.5. The molecule has 0 radical (unpaired) electrons. The van der Waals surface area contributed by atoms with E-state index in [1.165, 1.54) is 0 Å². The number of hydrogen-bond donors (Lipinski definition) is 1. The first-order valence-corrected chi connectivity index (χ1v) is 5.96. The molecule has 1 aromatic carbocycles. The van der Waals surface area contributed by atoms with E-state index in [9.17, 15) is 9.59 Å². The lowest BCUT2D eigenvalue weighted by Gasteiger charge is -2.09. The minimum absolute atomic E-state index is 0.0370. The van der Waals surface area contributed by atoms with Crippen LogP contribution in [0, 0.1) is 11.3 Å². The number of hydrogen-bond acceptors (Lipinski definition) is 4. The first-order valence-electron chi connectivity index (χ1n) is 5.96. The van der Waals surface area contributed by atoms with Crippen molar-refractivity contribution in [2.45, 2.75) is 26.2 Å². The van der Waals surface area contributed by atoms with Gasteiger partial charge >= 0.3 is 11.9 Å². The summed E-state index contributed by atoms with van der Waals surface area (Å²) in [5.41, 5.74) is 1.86. The maximum Gasteiger partial charge on any atom is 0.310 e. The Morgan fingerprint density at radius 1 is 1.37 bits per heavy atom. The van der Waals surface area contributed by atoms with Crippen LogP contribution in [0.1, 0.15) is 30.0 Å². The van der Waals surface area contributed by atoms with Crippen LogP contribution < -0.4 is 0 Å². The van der Waals surface area contributed by atoms with Gasteiger partial charge in [0.1, 0.15) is 0 Å². The lowest BCUT2D eigenvalue weighted by Crippen LogP contribution is -2.10. The second kappa shape index (κ2) is 7.17. The number of carbonyl (C=O) groups is 2. The second-order valence-corrected chi connectivity index (χ2v) is 3.97. The Kier molecular flexibility index (Phi) is 5.55. The second-order valence-electron chi connectivity index (χ2n) is 3.97. The van der Waals surface area contributed by atoms with E-state index in [4.69, 9.17) is 15.1 Å². The van der Waals surface area contributed by atoms with E-state index >= 15 is 0 Å². The molecular formula is C14H15NO4. The van der Waals surface area contributed by atoms with Gasteiger partial charge in [0.2, 0.25) is 0 Å². The summed E-state index contributed by atoms with van der Waals surface area (Å²) in [5.74, 6) is -1.27. The van der Waals surface area contributed by atoms with Crippen LogP contribution in [0.15, 0.2) is 18.2 Å². The van der Waals surface area contributed by atoms with Crippen LogP contribution >= 0.6 is 0 Å². The number of carboxylic acid groups (broad SMARTS) is 1. The number of esters is 1. The molecule has 0 heterocycles. The molecule has 0 unspecified atom stereocenters. The summed E-state index contributed by atoms with van der Waals surface area (Å²) in [6.45, 7) is 2.03. The lowest BCUT2D eigenvalue weighted by atomic mass is 9.98. The van der Waals surface area contributed by atoms with Gasteiger partial charge in [-0.05, 0) is 36.6 Å². The molecule has 0 amide bonds. The molecule has 5 heteroatoms. The van der Waals surface area contributed by atoms with Crippen LogP contribution in [0.5, 0.6) is 0 Å². The molecule has 1 N–H and O–H groups in total. The first kappa shape index (κ1) is 14.7. The zero-order chi connectivity index (χ0) is 14.3. The van der Waals surface area contributed by atoms with Crippen molar-refractivity contribution in [2.75, 3.05) is 6.61 Å². The molecule has 0 aliphatic rings. The standard InChI is InChI=1S/C14H15NO4/c1-2-19-14(18)8-12-4-3-10(9-15)7-11(12)5-6-13(16)17/h3-4,7H,2,5-6,8H2,1H3,(H,16,17). The largest absolute Gasteiger partial charge is 0.481 e. The molecule has 0 fully saturated rings. The van der Waals surface area contributed by atoms with Crippen LogP contribution in [0.25, 0.3) is 0 Å². The summed E-state index contributed by atoms with van der Waals surface area (Å²) in [4.78, 5) is 22.1. The van der Waals surface area contributed by atoms with Gasteiger partial charge in [-0.25, -0.2) is 0 Å². The number of nitrogens with zero attached hydrogens (tertiary/aromatic N) is 1.